The highest BCUT2D eigenvalue weighted by Crippen LogP contribution is 2.36. The van der Waals surface area contributed by atoms with E-state index in [1.807, 2.05) is 24.3 Å². The molecule has 1 aromatic carbocycles. The molecule has 3 heterocycles. The van der Waals surface area contributed by atoms with Crippen molar-refractivity contribution in [1.29, 1.82) is 0 Å². The van der Waals surface area contributed by atoms with Crippen LogP contribution in [0.15, 0.2) is 42.7 Å². The van der Waals surface area contributed by atoms with Crippen LogP contribution in [0.2, 0.25) is 10.3 Å². The number of nitrogens with zero attached hydrogens (tertiary/aromatic N) is 5. The van der Waals surface area contributed by atoms with Gasteiger partial charge < -0.3 is 9.67 Å². The third kappa shape index (κ3) is 5.30. The molecule has 1 saturated carbocycles. The van der Waals surface area contributed by atoms with Crippen molar-refractivity contribution in [2.45, 2.75) is 51.7 Å². The quantitative estimate of drug-likeness (QED) is 0.185. The van der Waals surface area contributed by atoms with E-state index in [9.17, 15) is 5.11 Å². The number of pyridine rings is 1. The maximum Gasteiger partial charge on any atom is 0.225 e. The summed E-state index contributed by atoms with van der Waals surface area (Å²) in [6, 6.07) is 9.78. The highest BCUT2D eigenvalue weighted by Gasteiger charge is 2.28. The van der Waals surface area contributed by atoms with Gasteiger partial charge >= 0.3 is 0 Å². The highest BCUT2D eigenvalue weighted by atomic mass is 79.9. The first-order chi connectivity index (χ1) is 17.4. The molecular weight excluding hydrogens is 561 g/mol. The molecule has 1 aliphatic carbocycles. The van der Waals surface area contributed by atoms with Crippen molar-refractivity contribution in [2.75, 3.05) is 5.33 Å². The summed E-state index contributed by atoms with van der Waals surface area (Å²) in [4.78, 5) is 18.1. The van der Waals surface area contributed by atoms with Gasteiger partial charge in [0, 0.05) is 29.8 Å². The van der Waals surface area contributed by atoms with E-state index < -0.39 is 6.10 Å². The number of hydrogen-bond donors (Lipinski definition) is 1. The van der Waals surface area contributed by atoms with E-state index in [1.165, 1.54) is 12.8 Å². The van der Waals surface area contributed by atoms with Crippen LogP contribution in [0.4, 0.5) is 0 Å². The summed E-state index contributed by atoms with van der Waals surface area (Å²) in [5.74, 6) is 1.78. The monoisotopic (exact) mass is 587 g/mol. The minimum atomic E-state index is -0.916. The van der Waals surface area contributed by atoms with Crippen molar-refractivity contribution in [3.63, 3.8) is 0 Å². The van der Waals surface area contributed by atoms with Crippen molar-refractivity contribution in [2.24, 2.45) is 11.8 Å². The van der Waals surface area contributed by atoms with Crippen molar-refractivity contribution < 1.29 is 5.11 Å². The third-order valence-electron chi connectivity index (χ3n) is 7.12. The number of hydrogen-bond acceptors (Lipinski definition) is 5. The zero-order chi connectivity index (χ0) is 25.2. The van der Waals surface area contributed by atoms with Gasteiger partial charge in [-0.1, -0.05) is 71.6 Å². The van der Waals surface area contributed by atoms with Gasteiger partial charge in [-0.25, -0.2) is 9.97 Å². The summed E-state index contributed by atoms with van der Waals surface area (Å²) in [7, 11) is 0. The predicted octanol–water partition coefficient (Wildman–Crippen LogP) is 7.04. The van der Waals surface area contributed by atoms with E-state index in [0.717, 1.165) is 59.3 Å². The van der Waals surface area contributed by atoms with Gasteiger partial charge in [0.05, 0.1) is 5.02 Å². The Morgan fingerprint density at radius 2 is 1.86 bits per heavy atom. The Hall–Kier alpha value is -2.06. The lowest BCUT2D eigenvalue weighted by atomic mass is 9.83. The number of aliphatic hydroxyl groups is 1. The van der Waals surface area contributed by atoms with Crippen molar-refractivity contribution >= 4 is 50.3 Å². The first kappa shape index (κ1) is 25.6. The van der Waals surface area contributed by atoms with Gasteiger partial charge in [-0.05, 0) is 59.9 Å². The summed E-state index contributed by atoms with van der Waals surface area (Å²) in [6.07, 6.45) is 7.87. The maximum atomic E-state index is 11.7. The summed E-state index contributed by atoms with van der Waals surface area (Å²) < 4.78 is 2.11. The van der Waals surface area contributed by atoms with Gasteiger partial charge in [-0.15, -0.1) is 0 Å². The molecule has 1 aliphatic rings. The van der Waals surface area contributed by atoms with E-state index >= 15 is 0 Å². The summed E-state index contributed by atoms with van der Waals surface area (Å²) >= 11 is 16.2. The molecule has 36 heavy (non-hydrogen) atoms. The topological polar surface area (TPSA) is 76.7 Å². The number of halogens is 3. The molecule has 0 spiro atoms. The van der Waals surface area contributed by atoms with Gasteiger partial charge in [-0.3, -0.25) is 4.98 Å². The van der Waals surface area contributed by atoms with Gasteiger partial charge in [0.25, 0.3) is 0 Å². The van der Waals surface area contributed by atoms with E-state index in [0.29, 0.717) is 28.1 Å². The van der Waals surface area contributed by atoms with E-state index in [4.69, 9.17) is 28.2 Å². The number of aryl methyl sites for hydroxylation is 1. The SMILES string of the molecule is CC1CCC(Cn2c(C(O)c3ccccc3CCBr)nc3nc(Cl)nc(-c4cncc(Cl)c4)c32)CC1. The Morgan fingerprint density at radius 1 is 1.08 bits per heavy atom. The van der Waals surface area contributed by atoms with Crippen LogP contribution in [0, 0.1) is 11.8 Å². The second-order valence-corrected chi connectivity index (χ2v) is 11.2. The van der Waals surface area contributed by atoms with Crippen molar-refractivity contribution in [3.8, 4) is 11.3 Å². The summed E-state index contributed by atoms with van der Waals surface area (Å²) in [6.45, 7) is 3.04. The van der Waals surface area contributed by atoms with Crippen LogP contribution >= 0.6 is 39.1 Å². The molecule has 0 radical (unpaired) electrons. The normalized spacial score (nSPS) is 19.0. The van der Waals surface area contributed by atoms with Gasteiger partial charge in [0.2, 0.25) is 5.28 Å². The Morgan fingerprint density at radius 3 is 2.61 bits per heavy atom. The molecule has 0 bridgehead atoms. The molecule has 1 atom stereocenters. The van der Waals surface area contributed by atoms with Gasteiger partial charge in [0.1, 0.15) is 23.1 Å². The largest absolute Gasteiger partial charge is 0.380 e. The second kappa shape index (κ2) is 11.1. The van der Waals surface area contributed by atoms with Crippen LogP contribution in [-0.4, -0.2) is 34.9 Å². The average molecular weight is 589 g/mol. The number of aromatic nitrogens is 5. The standard InChI is InChI=1S/C27H28BrCl2N5O/c1-16-6-8-17(9-7-16)15-35-23-22(19-12-20(29)14-31-13-19)32-27(30)34-25(23)33-26(35)24(36)21-5-3-2-4-18(21)10-11-28/h2-5,12-14,16-17,24,36H,6-11,15H2,1H3. The lowest BCUT2D eigenvalue weighted by Gasteiger charge is -2.28. The van der Waals surface area contributed by atoms with Crippen LogP contribution in [0.3, 0.4) is 0 Å². The molecule has 6 nitrogen and oxygen atoms in total. The van der Waals surface area contributed by atoms with E-state index in [2.05, 4.69) is 48.4 Å². The molecule has 9 heteroatoms. The molecule has 0 amide bonds. The highest BCUT2D eigenvalue weighted by molar-refractivity contribution is 9.09. The minimum Gasteiger partial charge on any atom is -0.380 e. The maximum absolute atomic E-state index is 11.7. The lowest BCUT2D eigenvalue weighted by molar-refractivity contribution is 0.197. The van der Waals surface area contributed by atoms with E-state index in [-0.39, 0.29) is 5.28 Å². The summed E-state index contributed by atoms with van der Waals surface area (Å²) in [5.41, 5.74) is 4.47. The van der Waals surface area contributed by atoms with Crippen LogP contribution in [0.1, 0.15) is 55.7 Å². The number of rotatable bonds is 7. The second-order valence-electron chi connectivity index (χ2n) is 9.65. The smallest absolute Gasteiger partial charge is 0.225 e. The Kier molecular flexibility index (Phi) is 7.91. The Labute approximate surface area is 229 Å². The number of imidazole rings is 1. The van der Waals surface area contributed by atoms with Gasteiger partial charge in [-0.2, -0.15) is 4.98 Å². The van der Waals surface area contributed by atoms with Crippen molar-refractivity contribution in [3.05, 3.63) is 70.0 Å². The Bertz CT molecular complexity index is 1370. The first-order valence-corrected chi connectivity index (χ1v) is 14.2. The minimum absolute atomic E-state index is 0.0920. The fourth-order valence-corrected chi connectivity index (χ4v) is 5.97. The zero-order valence-electron chi connectivity index (χ0n) is 20.0. The molecule has 5 rings (SSSR count). The number of alkyl halides is 1. The molecule has 3 aromatic heterocycles. The number of fused-ring (bicyclic) bond motifs is 1. The molecule has 1 fully saturated rings. The predicted molar refractivity (Wildman–Crippen MR) is 148 cm³/mol. The molecule has 4 aromatic rings. The number of aliphatic hydroxyl groups excluding tert-OH is 1. The fraction of sp³-hybridized carbons (Fsp3) is 0.407. The molecule has 0 saturated heterocycles. The van der Waals surface area contributed by atoms with Crippen LogP contribution in [-0.2, 0) is 13.0 Å². The summed E-state index contributed by atoms with van der Waals surface area (Å²) in [5, 5.41) is 13.1. The first-order valence-electron chi connectivity index (χ1n) is 12.3. The molecule has 188 valence electrons. The Balaban J connectivity index is 1.70. The van der Waals surface area contributed by atoms with E-state index in [1.54, 1.807) is 12.4 Å². The zero-order valence-corrected chi connectivity index (χ0v) is 23.1. The van der Waals surface area contributed by atoms with Crippen LogP contribution in [0.5, 0.6) is 0 Å². The fourth-order valence-electron chi connectivity index (χ4n) is 5.20. The molecule has 1 unspecified atom stereocenters. The third-order valence-corrected chi connectivity index (χ3v) is 7.89. The van der Waals surface area contributed by atoms with Gasteiger partial charge in [0.15, 0.2) is 5.65 Å². The van der Waals surface area contributed by atoms with Crippen LogP contribution < -0.4 is 0 Å². The lowest BCUT2D eigenvalue weighted by Crippen LogP contribution is -2.21. The molecule has 0 aliphatic heterocycles. The number of benzene rings is 1. The van der Waals surface area contributed by atoms with Crippen molar-refractivity contribution in [1.82, 2.24) is 24.5 Å². The average Bonchev–Trinajstić information content (AvgIpc) is 3.23. The molecular formula is C27H28BrCl2N5O. The molecule has 1 N–H and O–H groups in total. The van der Waals surface area contributed by atoms with Crippen LogP contribution in [0.25, 0.3) is 22.4 Å².